The van der Waals surface area contributed by atoms with E-state index in [0.717, 1.165) is 72.4 Å². The first-order valence-corrected chi connectivity index (χ1v) is 11.4. The fourth-order valence-corrected chi connectivity index (χ4v) is 4.22. The maximum atomic E-state index is 9.39. The third-order valence-electron chi connectivity index (χ3n) is 5.22. The summed E-state index contributed by atoms with van der Waals surface area (Å²) in [5.74, 6) is 2.68. The predicted octanol–water partition coefficient (Wildman–Crippen LogP) is 3.63. The molecular weight excluding hydrogens is 424 g/mol. The predicted molar refractivity (Wildman–Crippen MR) is 130 cm³/mol. The molecule has 0 aliphatic carbocycles. The van der Waals surface area contributed by atoms with E-state index in [1.54, 1.807) is 30.6 Å². The molecule has 1 aliphatic heterocycles. The average Bonchev–Trinajstić information content (AvgIpc) is 3.24. The van der Waals surface area contributed by atoms with Crippen molar-refractivity contribution < 1.29 is 9.84 Å². The van der Waals surface area contributed by atoms with Crippen molar-refractivity contribution in [3.05, 3.63) is 52.8 Å². The number of aromatic nitrogens is 3. The number of aryl methyl sites for hydroxylation is 1. The molecule has 1 fully saturated rings. The van der Waals surface area contributed by atoms with Gasteiger partial charge in [0.2, 0.25) is 0 Å². The van der Waals surface area contributed by atoms with Crippen LogP contribution in [-0.2, 0) is 4.74 Å². The van der Waals surface area contributed by atoms with Crippen molar-refractivity contribution in [1.82, 2.24) is 19.9 Å². The molecule has 0 amide bonds. The minimum Gasteiger partial charge on any atom is -0.508 e. The second-order valence-corrected chi connectivity index (χ2v) is 8.66. The Labute approximate surface area is 192 Å². The van der Waals surface area contributed by atoms with Crippen molar-refractivity contribution in [1.29, 1.82) is 0 Å². The molecule has 1 aromatic carbocycles. The van der Waals surface area contributed by atoms with E-state index in [4.69, 9.17) is 4.74 Å². The first kappa shape index (κ1) is 22.2. The van der Waals surface area contributed by atoms with Gasteiger partial charge >= 0.3 is 0 Å². The van der Waals surface area contributed by atoms with Crippen LogP contribution in [0.3, 0.4) is 0 Å². The molecule has 2 aromatic heterocycles. The van der Waals surface area contributed by atoms with E-state index in [2.05, 4.69) is 30.1 Å². The van der Waals surface area contributed by atoms with E-state index in [1.165, 1.54) is 0 Å². The van der Waals surface area contributed by atoms with Gasteiger partial charge in [-0.1, -0.05) is 29.5 Å². The van der Waals surface area contributed by atoms with E-state index in [1.807, 2.05) is 43.5 Å². The zero-order valence-electron chi connectivity index (χ0n) is 18.4. The number of hydrogen-bond donors (Lipinski definition) is 2. The monoisotopic (exact) mass is 452 g/mol. The minimum absolute atomic E-state index is 0.263. The van der Waals surface area contributed by atoms with Crippen LogP contribution in [0.5, 0.6) is 5.75 Å². The summed E-state index contributed by atoms with van der Waals surface area (Å²) in [6, 6.07) is 9.08. The molecule has 0 spiro atoms. The Kier molecular flexibility index (Phi) is 7.31. The molecule has 3 aromatic rings. The van der Waals surface area contributed by atoms with Crippen molar-refractivity contribution >= 4 is 40.3 Å². The van der Waals surface area contributed by atoms with Gasteiger partial charge in [0.05, 0.1) is 6.61 Å². The van der Waals surface area contributed by atoms with Gasteiger partial charge in [-0.05, 0) is 30.7 Å². The fraction of sp³-hybridized carbons (Fsp3) is 0.348. The van der Waals surface area contributed by atoms with E-state index >= 15 is 0 Å². The smallest absolute Gasteiger partial charge is 0.188 e. The number of hydrogen-bond acceptors (Lipinski definition) is 9. The lowest BCUT2D eigenvalue weighted by molar-refractivity contribution is 0.144. The second-order valence-electron chi connectivity index (χ2n) is 7.60. The van der Waals surface area contributed by atoms with Gasteiger partial charge in [0.15, 0.2) is 5.13 Å². The highest BCUT2D eigenvalue weighted by molar-refractivity contribution is 7.16. The third-order valence-corrected chi connectivity index (χ3v) is 6.10. The maximum absolute atomic E-state index is 9.39. The number of nitrogens with zero attached hydrogens (tertiary/aromatic N) is 5. The van der Waals surface area contributed by atoms with E-state index in [-0.39, 0.29) is 5.75 Å². The molecule has 168 valence electrons. The lowest BCUT2D eigenvalue weighted by atomic mass is 10.2. The van der Waals surface area contributed by atoms with Crippen LogP contribution >= 0.6 is 11.3 Å². The zero-order valence-corrected chi connectivity index (χ0v) is 19.2. The van der Waals surface area contributed by atoms with Gasteiger partial charge in [-0.2, -0.15) is 0 Å². The summed E-state index contributed by atoms with van der Waals surface area (Å²) in [6.07, 6.45) is 5.84. The van der Waals surface area contributed by atoms with Crippen molar-refractivity contribution in [3.8, 4) is 5.75 Å². The van der Waals surface area contributed by atoms with E-state index in [9.17, 15) is 5.11 Å². The summed E-state index contributed by atoms with van der Waals surface area (Å²) < 4.78 is 5.19. The van der Waals surface area contributed by atoms with Crippen molar-refractivity contribution in [3.63, 3.8) is 0 Å². The van der Waals surface area contributed by atoms with Crippen LogP contribution < -0.4 is 10.2 Å². The quantitative estimate of drug-likeness (QED) is 0.536. The standard InChI is InChI=1S/C23H28N6O2S/c1-17-25-21(15-22(26-17)29-11-9-28(10-12-29)13-14-31-2)27-23-24-16-20(32-23)8-5-18-3-6-19(30)7-4-18/h3-8,15-16,30H,9-14H2,1-2H3,(H,24,25,26,27)/b8-5+. The SMILES string of the molecule is COCCN1CCN(c2cc(Nc3ncc(/C=C/c4ccc(O)cc4)s3)nc(C)n2)CC1. The first-order chi connectivity index (χ1) is 15.6. The summed E-state index contributed by atoms with van der Waals surface area (Å²) in [5.41, 5.74) is 1.02. The number of methoxy groups -OCH3 is 1. The molecule has 0 unspecified atom stereocenters. The third kappa shape index (κ3) is 6.03. The van der Waals surface area contributed by atoms with Crippen LogP contribution in [0.2, 0.25) is 0 Å². The highest BCUT2D eigenvalue weighted by Crippen LogP contribution is 2.25. The molecule has 1 saturated heterocycles. The van der Waals surface area contributed by atoms with Crippen molar-refractivity contribution in [2.24, 2.45) is 0 Å². The molecule has 2 N–H and O–H groups in total. The molecule has 0 bridgehead atoms. The Morgan fingerprint density at radius 2 is 1.91 bits per heavy atom. The van der Waals surface area contributed by atoms with Gasteiger partial charge in [0.25, 0.3) is 0 Å². The number of aromatic hydroxyl groups is 1. The lowest BCUT2D eigenvalue weighted by Crippen LogP contribution is -2.47. The zero-order chi connectivity index (χ0) is 22.3. The topological polar surface area (TPSA) is 86.6 Å². The summed E-state index contributed by atoms with van der Waals surface area (Å²) in [7, 11) is 1.74. The molecule has 32 heavy (non-hydrogen) atoms. The summed E-state index contributed by atoms with van der Waals surface area (Å²) in [4.78, 5) is 19.4. The van der Waals surface area contributed by atoms with Crippen LogP contribution in [0.25, 0.3) is 12.2 Å². The molecule has 0 radical (unpaired) electrons. The average molecular weight is 453 g/mol. The number of piperazine rings is 1. The van der Waals surface area contributed by atoms with Gasteiger partial charge in [0.1, 0.15) is 23.2 Å². The number of phenolic OH excluding ortho intramolecular Hbond substituents is 1. The van der Waals surface area contributed by atoms with Gasteiger partial charge < -0.3 is 20.1 Å². The summed E-state index contributed by atoms with van der Waals surface area (Å²) >= 11 is 1.55. The van der Waals surface area contributed by atoms with Gasteiger partial charge in [0, 0.05) is 57.0 Å². The van der Waals surface area contributed by atoms with Gasteiger partial charge in [-0.25, -0.2) is 15.0 Å². The van der Waals surface area contributed by atoms with Gasteiger partial charge in [-0.15, -0.1) is 0 Å². The van der Waals surface area contributed by atoms with Crippen LogP contribution in [0.1, 0.15) is 16.3 Å². The van der Waals surface area contributed by atoms with E-state index < -0.39 is 0 Å². The number of phenols is 1. The molecule has 8 nitrogen and oxygen atoms in total. The Morgan fingerprint density at radius 1 is 1.12 bits per heavy atom. The van der Waals surface area contributed by atoms with Crippen LogP contribution in [0.15, 0.2) is 36.5 Å². The largest absolute Gasteiger partial charge is 0.508 e. The minimum atomic E-state index is 0.263. The molecule has 1 aliphatic rings. The highest BCUT2D eigenvalue weighted by Gasteiger charge is 2.19. The summed E-state index contributed by atoms with van der Waals surface area (Å²) in [5, 5.41) is 13.5. The number of benzene rings is 1. The maximum Gasteiger partial charge on any atom is 0.188 e. The Hall–Kier alpha value is -3.01. The number of anilines is 3. The number of rotatable bonds is 8. The van der Waals surface area contributed by atoms with Gasteiger partial charge in [-0.3, -0.25) is 4.90 Å². The Morgan fingerprint density at radius 3 is 2.66 bits per heavy atom. The molecule has 0 atom stereocenters. The number of nitrogens with one attached hydrogen (secondary N) is 1. The molecule has 0 saturated carbocycles. The van der Waals surface area contributed by atoms with Crippen LogP contribution in [-0.4, -0.2) is 71.4 Å². The Balaban J connectivity index is 1.39. The van der Waals surface area contributed by atoms with Crippen molar-refractivity contribution in [2.75, 3.05) is 56.7 Å². The normalized spacial score (nSPS) is 14.9. The first-order valence-electron chi connectivity index (χ1n) is 10.6. The van der Waals surface area contributed by atoms with Crippen molar-refractivity contribution in [2.45, 2.75) is 6.92 Å². The van der Waals surface area contributed by atoms with Crippen LogP contribution in [0, 0.1) is 6.92 Å². The number of ether oxygens (including phenoxy) is 1. The lowest BCUT2D eigenvalue weighted by Gasteiger charge is -2.35. The van der Waals surface area contributed by atoms with E-state index in [0.29, 0.717) is 0 Å². The fourth-order valence-electron chi connectivity index (χ4n) is 3.49. The molecular formula is C23H28N6O2S. The number of thiazole rings is 1. The summed E-state index contributed by atoms with van der Waals surface area (Å²) in [6.45, 7) is 7.51. The Bertz CT molecular complexity index is 1040. The van der Waals surface area contributed by atoms with Crippen LogP contribution in [0.4, 0.5) is 16.8 Å². The molecule has 3 heterocycles. The molecule has 4 rings (SSSR count). The molecule has 9 heteroatoms. The highest BCUT2D eigenvalue weighted by atomic mass is 32.1. The second kappa shape index (κ2) is 10.5.